The predicted molar refractivity (Wildman–Crippen MR) is 66.1 cm³/mol. The van der Waals surface area contributed by atoms with Gasteiger partial charge in [-0.3, -0.25) is 0 Å². The number of hydrogen-bond donors (Lipinski definition) is 1. The molecule has 102 valence electrons. The molecule has 19 heavy (non-hydrogen) atoms. The van der Waals surface area contributed by atoms with Gasteiger partial charge in [0.1, 0.15) is 0 Å². The Morgan fingerprint density at radius 2 is 1.84 bits per heavy atom. The van der Waals surface area contributed by atoms with Crippen molar-refractivity contribution >= 4 is 0 Å². The minimum atomic E-state index is -4.45. The fraction of sp³-hybridized carbons (Fsp3) is 0.308. The number of alkyl halides is 3. The van der Waals surface area contributed by atoms with Crippen LogP contribution < -0.4 is 5.73 Å². The van der Waals surface area contributed by atoms with E-state index in [1.807, 2.05) is 6.92 Å². The highest BCUT2D eigenvalue weighted by Crippen LogP contribution is 2.33. The highest BCUT2D eigenvalue weighted by Gasteiger charge is 2.38. The fourth-order valence-corrected chi connectivity index (χ4v) is 1.90. The zero-order chi connectivity index (χ0) is 14.0. The van der Waals surface area contributed by atoms with Crippen molar-refractivity contribution in [1.82, 2.24) is 9.78 Å². The second-order valence-corrected chi connectivity index (χ2v) is 4.30. The highest BCUT2D eigenvalue weighted by atomic mass is 19.4. The van der Waals surface area contributed by atoms with E-state index in [1.54, 1.807) is 24.3 Å². The SMILES string of the molecule is Cc1ccc(-n2ncc(CCN)c2C(F)(F)F)cc1. The number of hydrogen-bond acceptors (Lipinski definition) is 2. The smallest absolute Gasteiger partial charge is 0.330 e. The largest absolute Gasteiger partial charge is 0.433 e. The van der Waals surface area contributed by atoms with Crippen LogP contribution in [0.5, 0.6) is 0 Å². The van der Waals surface area contributed by atoms with Crippen molar-refractivity contribution in [2.45, 2.75) is 19.5 Å². The monoisotopic (exact) mass is 269 g/mol. The Hall–Kier alpha value is -1.82. The maximum absolute atomic E-state index is 13.1. The van der Waals surface area contributed by atoms with Gasteiger partial charge in [0.25, 0.3) is 0 Å². The molecule has 0 saturated heterocycles. The Bertz CT molecular complexity index is 556. The molecule has 0 atom stereocenters. The molecule has 1 aromatic carbocycles. The number of nitrogens with two attached hydrogens (primary N) is 1. The first-order chi connectivity index (χ1) is 8.93. The predicted octanol–water partition coefficient (Wildman–Crippen LogP) is 2.70. The zero-order valence-electron chi connectivity index (χ0n) is 10.4. The van der Waals surface area contributed by atoms with Crippen LogP contribution in [0.15, 0.2) is 30.5 Å². The number of aromatic nitrogens is 2. The number of aryl methyl sites for hydroxylation is 1. The van der Waals surface area contributed by atoms with Crippen LogP contribution in [0.2, 0.25) is 0 Å². The molecule has 0 radical (unpaired) electrons. The van der Waals surface area contributed by atoms with Crippen LogP contribution in [0.1, 0.15) is 16.8 Å². The average molecular weight is 269 g/mol. The molecule has 0 spiro atoms. The van der Waals surface area contributed by atoms with Gasteiger partial charge in [0.2, 0.25) is 0 Å². The fourth-order valence-electron chi connectivity index (χ4n) is 1.90. The lowest BCUT2D eigenvalue weighted by atomic mass is 10.1. The summed E-state index contributed by atoms with van der Waals surface area (Å²) in [4.78, 5) is 0. The van der Waals surface area contributed by atoms with Crippen LogP contribution >= 0.6 is 0 Å². The Kier molecular flexibility index (Phi) is 3.61. The van der Waals surface area contributed by atoms with Gasteiger partial charge in [0.15, 0.2) is 5.69 Å². The van der Waals surface area contributed by atoms with Crippen molar-refractivity contribution in [2.24, 2.45) is 5.73 Å². The Morgan fingerprint density at radius 3 is 2.37 bits per heavy atom. The third-order valence-electron chi connectivity index (χ3n) is 2.81. The molecule has 0 aliphatic rings. The van der Waals surface area contributed by atoms with Crippen LogP contribution in [0.3, 0.4) is 0 Å². The van der Waals surface area contributed by atoms with Crippen molar-refractivity contribution in [3.8, 4) is 5.69 Å². The normalized spacial score (nSPS) is 11.8. The van der Waals surface area contributed by atoms with Gasteiger partial charge in [-0.2, -0.15) is 18.3 Å². The summed E-state index contributed by atoms with van der Waals surface area (Å²) in [7, 11) is 0. The molecule has 0 amide bonds. The summed E-state index contributed by atoms with van der Waals surface area (Å²) in [6.45, 7) is 2.03. The van der Waals surface area contributed by atoms with E-state index in [0.717, 1.165) is 10.2 Å². The average Bonchev–Trinajstić information content (AvgIpc) is 2.74. The molecule has 0 saturated carbocycles. The molecule has 3 nitrogen and oxygen atoms in total. The maximum Gasteiger partial charge on any atom is 0.433 e. The van der Waals surface area contributed by atoms with E-state index in [9.17, 15) is 13.2 Å². The van der Waals surface area contributed by atoms with Gasteiger partial charge >= 0.3 is 6.18 Å². The second-order valence-electron chi connectivity index (χ2n) is 4.30. The van der Waals surface area contributed by atoms with Gasteiger partial charge in [-0.05, 0) is 32.0 Å². The summed E-state index contributed by atoms with van der Waals surface area (Å²) in [6.07, 6.45) is -3.07. The van der Waals surface area contributed by atoms with E-state index >= 15 is 0 Å². The molecule has 0 unspecified atom stereocenters. The van der Waals surface area contributed by atoms with Crippen LogP contribution in [-0.2, 0) is 12.6 Å². The zero-order valence-corrected chi connectivity index (χ0v) is 10.4. The van der Waals surface area contributed by atoms with Crippen LogP contribution in [0, 0.1) is 6.92 Å². The van der Waals surface area contributed by atoms with Crippen molar-refractivity contribution in [3.05, 3.63) is 47.3 Å². The number of rotatable bonds is 3. The second kappa shape index (κ2) is 5.05. The van der Waals surface area contributed by atoms with Crippen molar-refractivity contribution in [2.75, 3.05) is 6.54 Å². The molecule has 0 aliphatic carbocycles. The van der Waals surface area contributed by atoms with E-state index < -0.39 is 11.9 Å². The highest BCUT2D eigenvalue weighted by molar-refractivity contribution is 5.38. The molecular weight excluding hydrogens is 255 g/mol. The van der Waals surface area contributed by atoms with E-state index in [4.69, 9.17) is 5.73 Å². The van der Waals surface area contributed by atoms with E-state index in [0.29, 0.717) is 5.69 Å². The number of benzene rings is 1. The molecule has 0 fully saturated rings. The van der Waals surface area contributed by atoms with E-state index in [-0.39, 0.29) is 18.5 Å². The van der Waals surface area contributed by atoms with Gasteiger partial charge in [-0.1, -0.05) is 17.7 Å². The van der Waals surface area contributed by atoms with Crippen LogP contribution in [0.4, 0.5) is 13.2 Å². The number of nitrogens with zero attached hydrogens (tertiary/aromatic N) is 2. The van der Waals surface area contributed by atoms with E-state index in [1.165, 1.54) is 6.20 Å². The van der Waals surface area contributed by atoms with Crippen LogP contribution in [0.25, 0.3) is 5.69 Å². The Balaban J connectivity index is 2.54. The molecular formula is C13H14F3N3. The summed E-state index contributed by atoms with van der Waals surface area (Å²) < 4.78 is 40.3. The Morgan fingerprint density at radius 1 is 1.21 bits per heavy atom. The summed E-state index contributed by atoms with van der Waals surface area (Å²) in [5.74, 6) is 0. The molecule has 6 heteroatoms. The first kappa shape index (κ1) is 13.6. The van der Waals surface area contributed by atoms with Crippen molar-refractivity contribution in [3.63, 3.8) is 0 Å². The third kappa shape index (κ3) is 2.78. The van der Waals surface area contributed by atoms with Crippen molar-refractivity contribution in [1.29, 1.82) is 0 Å². The maximum atomic E-state index is 13.1. The van der Waals surface area contributed by atoms with Gasteiger partial charge in [0.05, 0.1) is 11.9 Å². The van der Waals surface area contributed by atoms with Gasteiger partial charge in [-0.15, -0.1) is 0 Å². The molecule has 2 aromatic rings. The summed E-state index contributed by atoms with van der Waals surface area (Å²) in [5.41, 5.74) is 6.08. The molecule has 2 rings (SSSR count). The first-order valence-electron chi connectivity index (χ1n) is 5.84. The van der Waals surface area contributed by atoms with Crippen molar-refractivity contribution < 1.29 is 13.2 Å². The lowest BCUT2D eigenvalue weighted by Gasteiger charge is -2.12. The molecule has 1 aromatic heterocycles. The van der Waals surface area contributed by atoms with Crippen LogP contribution in [-0.4, -0.2) is 16.3 Å². The van der Waals surface area contributed by atoms with Gasteiger partial charge in [0, 0.05) is 5.56 Å². The standard InChI is InChI=1S/C13H14F3N3/c1-9-2-4-11(5-3-9)19-12(13(14,15)16)10(6-7-17)8-18-19/h2-5,8H,6-7,17H2,1H3. The molecule has 0 aliphatic heterocycles. The van der Waals surface area contributed by atoms with E-state index in [2.05, 4.69) is 5.10 Å². The lowest BCUT2D eigenvalue weighted by Crippen LogP contribution is -2.16. The summed E-state index contributed by atoms with van der Waals surface area (Å²) in [6, 6.07) is 6.73. The molecule has 1 heterocycles. The summed E-state index contributed by atoms with van der Waals surface area (Å²) in [5, 5.41) is 3.84. The van der Waals surface area contributed by atoms with Gasteiger partial charge in [-0.25, -0.2) is 4.68 Å². The minimum absolute atomic E-state index is 0.121. The molecule has 0 bridgehead atoms. The first-order valence-corrected chi connectivity index (χ1v) is 5.84. The molecule has 2 N–H and O–H groups in total. The summed E-state index contributed by atoms with van der Waals surface area (Å²) >= 11 is 0. The van der Waals surface area contributed by atoms with Gasteiger partial charge < -0.3 is 5.73 Å². The third-order valence-corrected chi connectivity index (χ3v) is 2.81. The number of halogens is 3. The minimum Gasteiger partial charge on any atom is -0.330 e. The topological polar surface area (TPSA) is 43.8 Å². The lowest BCUT2D eigenvalue weighted by molar-refractivity contribution is -0.143. The Labute approximate surface area is 108 Å². The quantitative estimate of drug-likeness (QED) is 0.931.